The van der Waals surface area contributed by atoms with E-state index in [9.17, 15) is 5.11 Å². The average Bonchev–Trinajstić information content (AvgIpc) is 2.41. The first kappa shape index (κ1) is 15.9. The molecule has 1 N–H and O–H groups in total. The van der Waals surface area contributed by atoms with E-state index in [0.29, 0.717) is 17.9 Å². The Hall–Kier alpha value is -1.51. The van der Waals surface area contributed by atoms with Crippen LogP contribution in [0, 0.1) is 6.92 Å². The van der Waals surface area contributed by atoms with Gasteiger partial charge in [-0.05, 0) is 43.2 Å². The highest BCUT2D eigenvalue weighted by Gasteiger charge is 2.23. The van der Waals surface area contributed by atoms with E-state index < -0.39 is 5.60 Å². The summed E-state index contributed by atoms with van der Waals surface area (Å²) >= 11 is 5.89. The standard InChI is InChI=1S/C18H21ClO2/c1-13-4-9-17(21-3)15(10-13)12-18(2,20)11-14-5-7-16(19)8-6-14/h4-10,20H,11-12H2,1-3H3. The third-order valence-electron chi connectivity index (χ3n) is 3.51. The Bertz CT molecular complexity index is 603. The van der Waals surface area contributed by atoms with Gasteiger partial charge in [0.2, 0.25) is 0 Å². The third kappa shape index (κ3) is 4.48. The molecular formula is C18H21ClO2. The molecule has 0 bridgehead atoms. The molecule has 0 amide bonds. The molecule has 21 heavy (non-hydrogen) atoms. The molecule has 1 atom stereocenters. The van der Waals surface area contributed by atoms with Crippen LogP contribution >= 0.6 is 11.6 Å². The van der Waals surface area contributed by atoms with Crippen molar-refractivity contribution in [2.45, 2.75) is 32.3 Å². The van der Waals surface area contributed by atoms with Crippen molar-refractivity contribution in [1.82, 2.24) is 0 Å². The molecule has 2 aromatic carbocycles. The number of aliphatic hydroxyl groups is 1. The first-order valence-electron chi connectivity index (χ1n) is 7.00. The minimum absolute atomic E-state index is 0.542. The summed E-state index contributed by atoms with van der Waals surface area (Å²) < 4.78 is 5.38. The van der Waals surface area contributed by atoms with E-state index in [4.69, 9.17) is 16.3 Å². The van der Waals surface area contributed by atoms with Crippen molar-refractivity contribution < 1.29 is 9.84 Å². The van der Waals surface area contributed by atoms with E-state index >= 15 is 0 Å². The lowest BCUT2D eigenvalue weighted by molar-refractivity contribution is 0.0602. The molecule has 2 aromatic rings. The molecule has 3 heteroatoms. The normalized spacial score (nSPS) is 13.8. The summed E-state index contributed by atoms with van der Waals surface area (Å²) in [7, 11) is 1.65. The predicted molar refractivity (Wildman–Crippen MR) is 87.2 cm³/mol. The molecule has 0 aliphatic carbocycles. The Kier molecular flexibility index (Phi) is 4.92. The van der Waals surface area contributed by atoms with Crippen molar-refractivity contribution in [3.63, 3.8) is 0 Å². The highest BCUT2D eigenvalue weighted by Crippen LogP contribution is 2.26. The van der Waals surface area contributed by atoms with Gasteiger partial charge < -0.3 is 9.84 Å². The Morgan fingerprint density at radius 1 is 1.10 bits per heavy atom. The van der Waals surface area contributed by atoms with Gasteiger partial charge in [0.25, 0.3) is 0 Å². The zero-order valence-electron chi connectivity index (χ0n) is 12.7. The molecule has 0 aliphatic rings. The zero-order chi connectivity index (χ0) is 15.5. The average molecular weight is 305 g/mol. The number of methoxy groups -OCH3 is 1. The second-order valence-electron chi connectivity index (χ2n) is 5.79. The third-order valence-corrected chi connectivity index (χ3v) is 3.76. The first-order chi connectivity index (χ1) is 9.89. The maximum atomic E-state index is 10.7. The van der Waals surface area contributed by atoms with E-state index in [1.165, 1.54) is 0 Å². The molecule has 0 saturated heterocycles. The zero-order valence-corrected chi connectivity index (χ0v) is 13.4. The van der Waals surface area contributed by atoms with Crippen molar-refractivity contribution >= 4 is 11.6 Å². The molecule has 0 aromatic heterocycles. The molecule has 2 nitrogen and oxygen atoms in total. The van der Waals surface area contributed by atoms with Crippen molar-refractivity contribution in [1.29, 1.82) is 0 Å². The number of benzene rings is 2. The SMILES string of the molecule is COc1ccc(C)cc1CC(C)(O)Cc1ccc(Cl)cc1. The van der Waals surface area contributed by atoms with Crippen molar-refractivity contribution in [2.24, 2.45) is 0 Å². The second kappa shape index (κ2) is 6.50. The molecule has 0 heterocycles. The number of rotatable bonds is 5. The summed E-state index contributed by atoms with van der Waals surface area (Å²) in [6, 6.07) is 13.6. The van der Waals surface area contributed by atoms with Crippen molar-refractivity contribution in [3.8, 4) is 5.75 Å². The van der Waals surface area contributed by atoms with Crippen LogP contribution < -0.4 is 4.74 Å². The summed E-state index contributed by atoms with van der Waals surface area (Å²) in [5.41, 5.74) is 2.41. The molecule has 2 rings (SSSR count). The molecule has 0 aliphatic heterocycles. The molecule has 0 radical (unpaired) electrons. The van der Waals surface area contributed by atoms with Crippen LogP contribution in [0.3, 0.4) is 0 Å². The van der Waals surface area contributed by atoms with E-state index in [0.717, 1.165) is 22.4 Å². The highest BCUT2D eigenvalue weighted by molar-refractivity contribution is 6.30. The van der Waals surface area contributed by atoms with Crippen LogP contribution in [-0.4, -0.2) is 17.8 Å². The predicted octanol–water partition coefficient (Wildman–Crippen LogP) is 4.19. The quantitative estimate of drug-likeness (QED) is 0.897. The molecular weight excluding hydrogens is 284 g/mol. The maximum Gasteiger partial charge on any atom is 0.122 e. The number of aryl methyl sites for hydroxylation is 1. The van der Waals surface area contributed by atoms with Gasteiger partial charge >= 0.3 is 0 Å². The van der Waals surface area contributed by atoms with Crippen LogP contribution in [0.1, 0.15) is 23.6 Å². The second-order valence-corrected chi connectivity index (χ2v) is 6.23. The summed E-state index contributed by atoms with van der Waals surface area (Å²) in [6.07, 6.45) is 1.11. The van der Waals surface area contributed by atoms with Gasteiger partial charge in [0.1, 0.15) is 5.75 Å². The summed E-state index contributed by atoms with van der Waals surface area (Å²) in [6.45, 7) is 3.89. The maximum absolute atomic E-state index is 10.7. The van der Waals surface area contributed by atoms with Crippen LogP contribution in [0.5, 0.6) is 5.75 Å². The molecule has 112 valence electrons. The van der Waals surface area contributed by atoms with Crippen LogP contribution in [0.15, 0.2) is 42.5 Å². The van der Waals surface area contributed by atoms with Crippen LogP contribution in [-0.2, 0) is 12.8 Å². The van der Waals surface area contributed by atoms with Gasteiger partial charge in [-0.25, -0.2) is 0 Å². The number of hydrogen-bond donors (Lipinski definition) is 1. The Balaban J connectivity index is 2.16. The van der Waals surface area contributed by atoms with Gasteiger partial charge in [0, 0.05) is 17.9 Å². The minimum Gasteiger partial charge on any atom is -0.496 e. The molecule has 0 saturated carbocycles. The van der Waals surface area contributed by atoms with E-state index in [2.05, 4.69) is 6.07 Å². The van der Waals surface area contributed by atoms with Crippen LogP contribution in [0.4, 0.5) is 0 Å². The Morgan fingerprint density at radius 3 is 2.38 bits per heavy atom. The molecule has 0 fully saturated rings. The first-order valence-corrected chi connectivity index (χ1v) is 7.38. The smallest absolute Gasteiger partial charge is 0.122 e. The van der Waals surface area contributed by atoms with Gasteiger partial charge in [-0.2, -0.15) is 0 Å². The lowest BCUT2D eigenvalue weighted by Crippen LogP contribution is -2.30. The fourth-order valence-electron chi connectivity index (χ4n) is 2.56. The number of halogens is 1. The van der Waals surface area contributed by atoms with Crippen molar-refractivity contribution in [2.75, 3.05) is 7.11 Å². The Labute approximate surface area is 131 Å². The topological polar surface area (TPSA) is 29.5 Å². The summed E-state index contributed by atoms with van der Waals surface area (Å²) in [5.74, 6) is 0.817. The fraction of sp³-hybridized carbons (Fsp3) is 0.333. The summed E-state index contributed by atoms with van der Waals surface area (Å²) in [5, 5.41) is 11.4. The highest BCUT2D eigenvalue weighted by atomic mass is 35.5. The van der Waals surface area contributed by atoms with Gasteiger partial charge in [0.05, 0.1) is 12.7 Å². The van der Waals surface area contributed by atoms with E-state index in [1.807, 2.05) is 50.2 Å². The monoisotopic (exact) mass is 304 g/mol. The van der Waals surface area contributed by atoms with Gasteiger partial charge in [0.15, 0.2) is 0 Å². The molecule has 1 unspecified atom stereocenters. The lowest BCUT2D eigenvalue weighted by atomic mass is 9.89. The van der Waals surface area contributed by atoms with E-state index in [-0.39, 0.29) is 0 Å². The lowest BCUT2D eigenvalue weighted by Gasteiger charge is -2.25. The summed E-state index contributed by atoms with van der Waals surface area (Å²) in [4.78, 5) is 0. The van der Waals surface area contributed by atoms with Gasteiger partial charge in [-0.3, -0.25) is 0 Å². The van der Waals surface area contributed by atoms with Gasteiger partial charge in [-0.1, -0.05) is 41.4 Å². The number of ether oxygens (including phenoxy) is 1. The fourth-order valence-corrected chi connectivity index (χ4v) is 2.69. The van der Waals surface area contributed by atoms with Crippen LogP contribution in [0.2, 0.25) is 5.02 Å². The van der Waals surface area contributed by atoms with Crippen molar-refractivity contribution in [3.05, 3.63) is 64.2 Å². The largest absolute Gasteiger partial charge is 0.496 e. The van der Waals surface area contributed by atoms with Crippen LogP contribution in [0.25, 0.3) is 0 Å². The Morgan fingerprint density at radius 2 is 1.76 bits per heavy atom. The minimum atomic E-state index is -0.838. The van der Waals surface area contributed by atoms with Gasteiger partial charge in [-0.15, -0.1) is 0 Å². The number of hydrogen-bond acceptors (Lipinski definition) is 2. The molecule has 0 spiro atoms. The van der Waals surface area contributed by atoms with E-state index in [1.54, 1.807) is 7.11 Å².